The van der Waals surface area contributed by atoms with Crippen molar-refractivity contribution in [1.82, 2.24) is 15.5 Å². The summed E-state index contributed by atoms with van der Waals surface area (Å²) in [6.07, 6.45) is 0.976. The molecule has 0 aliphatic carbocycles. The van der Waals surface area contributed by atoms with Gasteiger partial charge in [-0.05, 0) is 32.4 Å². The van der Waals surface area contributed by atoms with E-state index in [0.717, 1.165) is 64.0 Å². The van der Waals surface area contributed by atoms with Gasteiger partial charge in [0.15, 0.2) is 5.96 Å². The molecular formula is C20H35N5O2. The van der Waals surface area contributed by atoms with Crippen molar-refractivity contribution in [2.45, 2.75) is 25.9 Å². The van der Waals surface area contributed by atoms with E-state index in [9.17, 15) is 5.11 Å². The molecule has 7 heteroatoms. The van der Waals surface area contributed by atoms with Crippen molar-refractivity contribution >= 4 is 11.6 Å². The molecule has 1 aromatic carbocycles. The van der Waals surface area contributed by atoms with Crippen LogP contribution in [-0.2, 0) is 4.74 Å². The van der Waals surface area contributed by atoms with E-state index in [-0.39, 0.29) is 0 Å². The molecular weight excluding hydrogens is 342 g/mol. The van der Waals surface area contributed by atoms with E-state index in [4.69, 9.17) is 4.74 Å². The third-order valence-corrected chi connectivity index (χ3v) is 4.34. The molecule has 1 unspecified atom stereocenters. The van der Waals surface area contributed by atoms with Crippen LogP contribution in [0.1, 0.15) is 20.3 Å². The van der Waals surface area contributed by atoms with Crippen molar-refractivity contribution in [3.05, 3.63) is 30.3 Å². The molecule has 4 N–H and O–H groups in total. The Kier molecular flexibility index (Phi) is 9.38. The Labute approximate surface area is 163 Å². The monoisotopic (exact) mass is 377 g/mol. The van der Waals surface area contributed by atoms with Gasteiger partial charge in [0.05, 0.1) is 25.4 Å². The summed E-state index contributed by atoms with van der Waals surface area (Å²) in [7, 11) is 0. The lowest BCUT2D eigenvalue weighted by atomic mass is 10.1. The molecule has 1 aromatic rings. The van der Waals surface area contributed by atoms with Gasteiger partial charge in [-0.15, -0.1) is 0 Å². The number of nitrogens with one attached hydrogen (secondary N) is 3. The third-order valence-electron chi connectivity index (χ3n) is 4.34. The number of benzene rings is 1. The highest BCUT2D eigenvalue weighted by molar-refractivity contribution is 5.79. The summed E-state index contributed by atoms with van der Waals surface area (Å²) >= 11 is 0. The first-order valence-corrected chi connectivity index (χ1v) is 9.93. The van der Waals surface area contributed by atoms with Crippen LogP contribution < -0.4 is 16.0 Å². The van der Waals surface area contributed by atoms with Crippen LogP contribution in [0.4, 0.5) is 5.69 Å². The summed E-state index contributed by atoms with van der Waals surface area (Å²) in [6.45, 7) is 10.6. The molecule has 0 bridgehead atoms. The van der Waals surface area contributed by atoms with E-state index in [1.165, 1.54) is 0 Å². The first kappa shape index (κ1) is 21.5. The second kappa shape index (κ2) is 11.8. The van der Waals surface area contributed by atoms with Gasteiger partial charge < -0.3 is 25.8 Å². The molecule has 2 rings (SSSR count). The fourth-order valence-electron chi connectivity index (χ4n) is 2.97. The van der Waals surface area contributed by atoms with Gasteiger partial charge in [-0.3, -0.25) is 9.89 Å². The topological polar surface area (TPSA) is 81.2 Å². The average Bonchev–Trinajstić information content (AvgIpc) is 2.67. The summed E-state index contributed by atoms with van der Waals surface area (Å²) in [5, 5.41) is 20.6. The van der Waals surface area contributed by atoms with Gasteiger partial charge in [0.25, 0.3) is 0 Å². The lowest BCUT2D eigenvalue weighted by molar-refractivity contribution is -0.0179. The van der Waals surface area contributed by atoms with E-state index in [1.54, 1.807) is 0 Å². The number of nitrogens with zero attached hydrogens (tertiary/aromatic N) is 2. The van der Waals surface area contributed by atoms with Crippen molar-refractivity contribution in [3.63, 3.8) is 0 Å². The Hall–Kier alpha value is -1.83. The van der Waals surface area contributed by atoms with E-state index in [1.807, 2.05) is 32.0 Å². The van der Waals surface area contributed by atoms with Gasteiger partial charge in [0, 0.05) is 45.0 Å². The molecule has 152 valence electrons. The minimum absolute atomic E-state index is 0.363. The van der Waals surface area contributed by atoms with Crippen LogP contribution in [0.2, 0.25) is 0 Å². The highest BCUT2D eigenvalue weighted by atomic mass is 16.5. The molecule has 27 heavy (non-hydrogen) atoms. The molecule has 0 saturated carbocycles. The number of aliphatic hydroxyl groups is 1. The molecule has 7 nitrogen and oxygen atoms in total. The number of ether oxygens (including phenoxy) is 1. The van der Waals surface area contributed by atoms with Crippen LogP contribution >= 0.6 is 0 Å². The molecule has 1 atom stereocenters. The lowest BCUT2D eigenvalue weighted by Gasteiger charge is -2.33. The molecule has 1 fully saturated rings. The Bertz CT molecular complexity index is 545. The second-order valence-corrected chi connectivity index (χ2v) is 7.15. The fourth-order valence-corrected chi connectivity index (χ4v) is 2.97. The Balaban J connectivity index is 1.70. The van der Waals surface area contributed by atoms with Gasteiger partial charge in [-0.1, -0.05) is 18.2 Å². The predicted molar refractivity (Wildman–Crippen MR) is 111 cm³/mol. The van der Waals surface area contributed by atoms with E-state index in [2.05, 4.69) is 38.0 Å². The van der Waals surface area contributed by atoms with Crippen LogP contribution in [0, 0.1) is 0 Å². The van der Waals surface area contributed by atoms with Crippen molar-refractivity contribution < 1.29 is 9.84 Å². The summed E-state index contributed by atoms with van der Waals surface area (Å²) in [5.41, 5.74) is 0.284. The van der Waals surface area contributed by atoms with E-state index in [0.29, 0.717) is 13.1 Å². The van der Waals surface area contributed by atoms with Crippen molar-refractivity contribution in [2.24, 2.45) is 4.99 Å². The maximum absolute atomic E-state index is 10.7. The highest BCUT2D eigenvalue weighted by Gasteiger charge is 2.25. The summed E-state index contributed by atoms with van der Waals surface area (Å²) in [6, 6.07) is 10.2. The summed E-state index contributed by atoms with van der Waals surface area (Å²) in [5.74, 6) is 0.750. The molecule has 0 spiro atoms. The zero-order valence-electron chi connectivity index (χ0n) is 16.7. The van der Waals surface area contributed by atoms with E-state index >= 15 is 0 Å². The smallest absolute Gasteiger partial charge is 0.191 e. The summed E-state index contributed by atoms with van der Waals surface area (Å²) in [4.78, 5) is 6.80. The Morgan fingerprint density at radius 1 is 1.19 bits per heavy atom. The molecule has 1 heterocycles. The van der Waals surface area contributed by atoms with Gasteiger partial charge in [0.1, 0.15) is 0 Å². The van der Waals surface area contributed by atoms with Crippen molar-refractivity contribution in [3.8, 4) is 0 Å². The highest BCUT2D eigenvalue weighted by Crippen LogP contribution is 2.09. The SMILES string of the molecule is CCNC(=NCC(C)(O)CN1CCOCC1)NCCCNc1ccccc1. The zero-order valence-corrected chi connectivity index (χ0v) is 16.7. The van der Waals surface area contributed by atoms with Gasteiger partial charge in [0.2, 0.25) is 0 Å². The van der Waals surface area contributed by atoms with Gasteiger partial charge in [-0.2, -0.15) is 0 Å². The molecule has 0 radical (unpaired) electrons. The third kappa shape index (κ3) is 9.08. The molecule has 0 amide bonds. The van der Waals surface area contributed by atoms with E-state index < -0.39 is 5.60 Å². The number of rotatable bonds is 10. The lowest BCUT2D eigenvalue weighted by Crippen LogP contribution is -2.48. The maximum Gasteiger partial charge on any atom is 0.191 e. The molecule has 0 aromatic heterocycles. The largest absolute Gasteiger partial charge is 0.387 e. The van der Waals surface area contributed by atoms with Crippen molar-refractivity contribution in [1.29, 1.82) is 0 Å². The normalized spacial score (nSPS) is 18.0. The number of anilines is 1. The van der Waals surface area contributed by atoms with Crippen LogP contribution in [0.25, 0.3) is 0 Å². The van der Waals surface area contributed by atoms with Crippen molar-refractivity contribution in [2.75, 3.05) is 64.3 Å². The number of morpholine rings is 1. The van der Waals surface area contributed by atoms with Crippen LogP contribution in [0.5, 0.6) is 0 Å². The standard InChI is InChI=1S/C20H35N5O2/c1-3-21-19(23-11-7-10-22-18-8-5-4-6-9-18)24-16-20(2,26)17-25-12-14-27-15-13-25/h4-6,8-9,22,26H,3,7,10-17H2,1-2H3,(H2,21,23,24). The number of hydrogen-bond acceptors (Lipinski definition) is 5. The van der Waals surface area contributed by atoms with Gasteiger partial charge in [-0.25, -0.2) is 0 Å². The first-order chi connectivity index (χ1) is 13.1. The van der Waals surface area contributed by atoms with Crippen LogP contribution in [-0.4, -0.2) is 80.6 Å². The fraction of sp³-hybridized carbons (Fsp3) is 0.650. The number of para-hydroxylation sites is 1. The molecule has 1 aliphatic heterocycles. The minimum atomic E-state index is -0.853. The summed E-state index contributed by atoms with van der Waals surface area (Å²) < 4.78 is 5.36. The zero-order chi connectivity index (χ0) is 19.4. The Morgan fingerprint density at radius 3 is 2.63 bits per heavy atom. The number of aliphatic imine (C=N–C) groups is 1. The molecule has 1 saturated heterocycles. The maximum atomic E-state index is 10.7. The van der Waals surface area contributed by atoms with Crippen LogP contribution in [0.15, 0.2) is 35.3 Å². The predicted octanol–water partition coefficient (Wildman–Crippen LogP) is 1.13. The first-order valence-electron chi connectivity index (χ1n) is 9.93. The second-order valence-electron chi connectivity index (χ2n) is 7.15. The number of hydrogen-bond donors (Lipinski definition) is 4. The number of β-amino-alcohol motifs (C(OH)–C–C–N with tert-alkyl or cyclic N) is 1. The Morgan fingerprint density at radius 2 is 1.93 bits per heavy atom. The van der Waals surface area contributed by atoms with Gasteiger partial charge >= 0.3 is 0 Å². The number of guanidine groups is 1. The quantitative estimate of drug-likeness (QED) is 0.278. The average molecular weight is 378 g/mol. The minimum Gasteiger partial charge on any atom is -0.387 e. The molecule has 1 aliphatic rings. The van der Waals surface area contributed by atoms with Crippen LogP contribution in [0.3, 0.4) is 0 Å².